The second-order valence-electron chi connectivity index (χ2n) is 7.66. The third-order valence-corrected chi connectivity index (χ3v) is 5.81. The summed E-state index contributed by atoms with van der Waals surface area (Å²) < 4.78 is 7.57. The lowest BCUT2D eigenvalue weighted by Crippen LogP contribution is -1.99. The van der Waals surface area contributed by atoms with Crippen molar-refractivity contribution in [3.05, 3.63) is 101 Å². The van der Waals surface area contributed by atoms with E-state index >= 15 is 0 Å². The summed E-state index contributed by atoms with van der Waals surface area (Å²) in [5.74, 6) is 0.859. The van der Waals surface area contributed by atoms with Crippen LogP contribution in [0.4, 0.5) is 0 Å². The van der Waals surface area contributed by atoms with Crippen molar-refractivity contribution in [3.63, 3.8) is 0 Å². The Balaban J connectivity index is 1.74. The van der Waals surface area contributed by atoms with Crippen LogP contribution in [0.3, 0.4) is 0 Å². The first-order valence-corrected chi connectivity index (χ1v) is 10.2. The van der Waals surface area contributed by atoms with Crippen molar-refractivity contribution in [2.24, 2.45) is 0 Å². The van der Waals surface area contributed by atoms with E-state index < -0.39 is 0 Å². The van der Waals surface area contributed by atoms with E-state index in [4.69, 9.17) is 9.72 Å². The van der Waals surface area contributed by atoms with E-state index in [2.05, 4.69) is 53.9 Å². The zero-order chi connectivity index (χ0) is 21.4. The molecule has 150 valence electrons. The molecule has 2 aromatic heterocycles. The lowest BCUT2D eigenvalue weighted by Gasteiger charge is -2.10. The molecule has 0 amide bonds. The van der Waals surface area contributed by atoms with E-state index in [1.165, 1.54) is 16.5 Å². The maximum absolute atomic E-state index is 9.17. The van der Waals surface area contributed by atoms with Gasteiger partial charge in [-0.25, -0.2) is 4.98 Å². The molecule has 0 aliphatic rings. The van der Waals surface area contributed by atoms with Crippen molar-refractivity contribution in [2.75, 3.05) is 7.11 Å². The number of nitriles is 1. The van der Waals surface area contributed by atoms with Crippen molar-refractivity contribution in [3.8, 4) is 23.1 Å². The second kappa shape index (κ2) is 7.62. The van der Waals surface area contributed by atoms with Crippen molar-refractivity contribution >= 4 is 16.4 Å². The number of nitrogens with zero attached hydrogens (tertiary/aromatic N) is 3. The predicted molar refractivity (Wildman–Crippen MR) is 123 cm³/mol. The largest absolute Gasteiger partial charge is 0.497 e. The molecule has 0 saturated carbocycles. The lowest BCUT2D eigenvalue weighted by atomic mass is 10.00. The number of hydrogen-bond acceptors (Lipinski definition) is 3. The summed E-state index contributed by atoms with van der Waals surface area (Å²) >= 11 is 0. The van der Waals surface area contributed by atoms with Gasteiger partial charge in [0, 0.05) is 23.6 Å². The quantitative estimate of drug-likeness (QED) is 0.373. The van der Waals surface area contributed by atoms with Gasteiger partial charge in [-0.05, 0) is 53.8 Å². The number of aromatic nitrogens is 2. The Bertz CT molecular complexity index is 1460. The molecule has 0 spiro atoms. The number of benzene rings is 3. The fourth-order valence-corrected chi connectivity index (χ4v) is 4.09. The van der Waals surface area contributed by atoms with Gasteiger partial charge in [0.1, 0.15) is 11.4 Å². The van der Waals surface area contributed by atoms with Gasteiger partial charge in [0.25, 0.3) is 0 Å². The van der Waals surface area contributed by atoms with Crippen LogP contribution in [0.15, 0.2) is 79.0 Å². The fourth-order valence-electron chi connectivity index (χ4n) is 4.09. The molecule has 0 unspecified atom stereocenters. The fraction of sp³-hybridized carbons (Fsp3) is 0.111. The molecule has 5 rings (SSSR count). The minimum atomic E-state index is 0.644. The molecule has 0 bridgehead atoms. The molecule has 31 heavy (non-hydrogen) atoms. The molecule has 0 fully saturated rings. The Hall–Kier alpha value is -4.10. The summed E-state index contributed by atoms with van der Waals surface area (Å²) in [5, 5.41) is 11.5. The summed E-state index contributed by atoms with van der Waals surface area (Å²) in [4.78, 5) is 5.08. The van der Waals surface area contributed by atoms with E-state index in [1.54, 1.807) is 7.11 Å². The first-order chi connectivity index (χ1) is 15.2. The van der Waals surface area contributed by atoms with Crippen molar-refractivity contribution in [1.29, 1.82) is 5.26 Å². The number of aryl methyl sites for hydroxylation is 1. The molecule has 0 aliphatic carbocycles. The topological polar surface area (TPSA) is 50.3 Å². The summed E-state index contributed by atoms with van der Waals surface area (Å²) in [6, 6.07) is 26.5. The maximum atomic E-state index is 9.17. The number of fused-ring (bicyclic) bond motifs is 3. The van der Waals surface area contributed by atoms with Gasteiger partial charge in [0.15, 0.2) is 0 Å². The molecular formula is C27H21N3O. The Morgan fingerprint density at radius 3 is 2.55 bits per heavy atom. The zero-order valence-electron chi connectivity index (χ0n) is 17.5. The highest BCUT2D eigenvalue weighted by molar-refractivity contribution is 5.95. The zero-order valence-corrected chi connectivity index (χ0v) is 17.5. The number of imidazole rings is 1. The van der Waals surface area contributed by atoms with Gasteiger partial charge in [-0.15, -0.1) is 0 Å². The highest BCUT2D eigenvalue weighted by atomic mass is 16.5. The van der Waals surface area contributed by atoms with Crippen molar-refractivity contribution in [2.45, 2.75) is 13.3 Å². The first-order valence-electron chi connectivity index (χ1n) is 10.2. The van der Waals surface area contributed by atoms with E-state index in [0.29, 0.717) is 5.56 Å². The van der Waals surface area contributed by atoms with E-state index in [1.807, 2.05) is 42.5 Å². The molecule has 0 saturated heterocycles. The van der Waals surface area contributed by atoms with Crippen LogP contribution < -0.4 is 4.74 Å². The second-order valence-corrected chi connectivity index (χ2v) is 7.66. The van der Waals surface area contributed by atoms with Crippen LogP contribution >= 0.6 is 0 Å². The standard InChI is InChI=1S/C27H21N3O/c1-18-15-23(31-2)12-11-22(18)16-25-26(21-9-7-19(17-28)8-10-21)29-27-24-6-4-3-5-20(24)13-14-30(25)27/h3-15H,16H2,1-2H3. The van der Waals surface area contributed by atoms with Gasteiger partial charge in [0.05, 0.1) is 30.1 Å². The Morgan fingerprint density at radius 1 is 1.00 bits per heavy atom. The predicted octanol–water partition coefficient (Wildman–Crippen LogP) is 5.93. The molecule has 0 radical (unpaired) electrons. The van der Waals surface area contributed by atoms with Gasteiger partial charge in [0.2, 0.25) is 0 Å². The highest BCUT2D eigenvalue weighted by Crippen LogP contribution is 2.31. The summed E-state index contributed by atoms with van der Waals surface area (Å²) in [6.07, 6.45) is 2.84. The van der Waals surface area contributed by atoms with Crippen LogP contribution in [-0.2, 0) is 6.42 Å². The number of methoxy groups -OCH3 is 1. The van der Waals surface area contributed by atoms with E-state index in [0.717, 1.165) is 40.2 Å². The van der Waals surface area contributed by atoms with Crippen molar-refractivity contribution in [1.82, 2.24) is 9.38 Å². The van der Waals surface area contributed by atoms with Gasteiger partial charge >= 0.3 is 0 Å². The average molecular weight is 403 g/mol. The van der Waals surface area contributed by atoms with E-state index in [9.17, 15) is 5.26 Å². The molecule has 0 N–H and O–H groups in total. The van der Waals surface area contributed by atoms with Gasteiger partial charge < -0.3 is 9.14 Å². The Kier molecular flexibility index (Phi) is 4.65. The molecule has 0 aliphatic heterocycles. The summed E-state index contributed by atoms with van der Waals surface area (Å²) in [5.41, 5.74) is 7.07. The molecule has 4 nitrogen and oxygen atoms in total. The average Bonchev–Trinajstić information content (AvgIpc) is 3.19. The first kappa shape index (κ1) is 18.9. The van der Waals surface area contributed by atoms with Gasteiger partial charge in [-0.2, -0.15) is 5.26 Å². The lowest BCUT2D eigenvalue weighted by molar-refractivity contribution is 0.414. The number of hydrogen-bond donors (Lipinski definition) is 0. The highest BCUT2D eigenvalue weighted by Gasteiger charge is 2.17. The minimum Gasteiger partial charge on any atom is -0.497 e. The number of ether oxygens (including phenoxy) is 1. The monoisotopic (exact) mass is 403 g/mol. The molecule has 5 aromatic rings. The number of rotatable bonds is 4. The third kappa shape index (κ3) is 3.31. The number of pyridine rings is 1. The van der Waals surface area contributed by atoms with E-state index in [-0.39, 0.29) is 0 Å². The molecule has 3 aromatic carbocycles. The van der Waals surface area contributed by atoms with Crippen LogP contribution in [0.5, 0.6) is 5.75 Å². The molecule has 4 heteroatoms. The Morgan fingerprint density at radius 2 is 1.81 bits per heavy atom. The molecule has 0 atom stereocenters. The van der Waals surface area contributed by atoms with Gasteiger partial charge in [-0.3, -0.25) is 0 Å². The maximum Gasteiger partial charge on any atom is 0.145 e. The third-order valence-electron chi connectivity index (χ3n) is 5.81. The van der Waals surface area contributed by atoms with Crippen LogP contribution in [0.2, 0.25) is 0 Å². The molecule has 2 heterocycles. The van der Waals surface area contributed by atoms with Gasteiger partial charge in [-0.1, -0.05) is 42.5 Å². The van der Waals surface area contributed by atoms with Crippen molar-refractivity contribution < 1.29 is 4.74 Å². The van der Waals surface area contributed by atoms with Crippen LogP contribution in [0.1, 0.15) is 22.4 Å². The normalized spacial score (nSPS) is 11.0. The van der Waals surface area contributed by atoms with Crippen LogP contribution in [-0.4, -0.2) is 16.5 Å². The smallest absolute Gasteiger partial charge is 0.145 e. The SMILES string of the molecule is COc1ccc(Cc2c(-c3ccc(C#N)cc3)nc3c4ccccc4ccn23)c(C)c1. The molecular weight excluding hydrogens is 382 g/mol. The minimum absolute atomic E-state index is 0.644. The Labute approximate surface area is 181 Å². The summed E-state index contributed by atoms with van der Waals surface area (Å²) in [6.45, 7) is 2.11. The van der Waals surface area contributed by atoms with Crippen LogP contribution in [0, 0.1) is 18.3 Å². The van der Waals surface area contributed by atoms with Crippen LogP contribution in [0.25, 0.3) is 27.7 Å². The summed E-state index contributed by atoms with van der Waals surface area (Å²) in [7, 11) is 1.69.